The van der Waals surface area contributed by atoms with Gasteiger partial charge in [0.1, 0.15) is 0 Å². The summed E-state index contributed by atoms with van der Waals surface area (Å²) < 4.78 is 0. The molecule has 0 aliphatic heterocycles. The van der Waals surface area contributed by atoms with Crippen molar-refractivity contribution in [1.82, 2.24) is 10.2 Å². The van der Waals surface area contributed by atoms with E-state index >= 15 is 0 Å². The highest BCUT2D eigenvalue weighted by molar-refractivity contribution is 6.29. The first-order chi connectivity index (χ1) is 6.66. The molecule has 1 aromatic rings. The van der Waals surface area contributed by atoms with Crippen molar-refractivity contribution in [3.05, 3.63) is 17.3 Å². The first-order valence-corrected chi connectivity index (χ1v) is 4.84. The van der Waals surface area contributed by atoms with Crippen molar-refractivity contribution in [3.8, 4) is 0 Å². The Balaban J connectivity index is 1.97. The number of anilines is 1. The van der Waals surface area contributed by atoms with Gasteiger partial charge in [-0.1, -0.05) is 18.5 Å². The Kier molecular flexibility index (Phi) is 2.37. The van der Waals surface area contributed by atoms with Crippen molar-refractivity contribution in [2.75, 3.05) is 5.32 Å². The molecule has 1 saturated carbocycles. The Bertz CT molecular complexity index is 352. The van der Waals surface area contributed by atoms with Crippen molar-refractivity contribution >= 4 is 23.3 Å². The highest BCUT2D eigenvalue weighted by Gasteiger charge is 2.39. The summed E-state index contributed by atoms with van der Waals surface area (Å²) in [6.45, 7) is 2.05. The highest BCUT2D eigenvalue weighted by Crippen LogP contribution is 2.38. The fraction of sp³-hybridized carbons (Fsp3) is 0.444. The molecule has 0 radical (unpaired) electrons. The van der Waals surface area contributed by atoms with Gasteiger partial charge in [0.2, 0.25) is 5.91 Å². The minimum atomic E-state index is 0.0223. The maximum absolute atomic E-state index is 11.5. The zero-order chi connectivity index (χ0) is 10.1. The van der Waals surface area contributed by atoms with E-state index in [-0.39, 0.29) is 11.8 Å². The fourth-order valence-corrected chi connectivity index (χ4v) is 1.39. The van der Waals surface area contributed by atoms with E-state index in [1.165, 1.54) is 0 Å². The molecule has 0 spiro atoms. The highest BCUT2D eigenvalue weighted by atomic mass is 35.5. The average Bonchev–Trinajstić information content (AvgIpc) is 2.87. The summed E-state index contributed by atoms with van der Waals surface area (Å²) in [5, 5.41) is 10.4. The topological polar surface area (TPSA) is 54.9 Å². The van der Waals surface area contributed by atoms with E-state index < -0.39 is 0 Å². The van der Waals surface area contributed by atoms with Crippen LogP contribution in [-0.4, -0.2) is 16.1 Å². The Morgan fingerprint density at radius 1 is 1.57 bits per heavy atom. The van der Waals surface area contributed by atoms with Gasteiger partial charge < -0.3 is 5.32 Å². The van der Waals surface area contributed by atoms with Gasteiger partial charge in [0.25, 0.3) is 0 Å². The number of carbonyl (C=O) groups is 1. The summed E-state index contributed by atoms with van der Waals surface area (Å²) in [6.07, 6.45) is 0.965. The van der Waals surface area contributed by atoms with Gasteiger partial charge in [-0.25, -0.2) is 0 Å². The fourth-order valence-electron chi connectivity index (χ4n) is 1.29. The zero-order valence-electron chi connectivity index (χ0n) is 7.70. The van der Waals surface area contributed by atoms with E-state index in [1.54, 1.807) is 12.1 Å². The lowest BCUT2D eigenvalue weighted by atomic mass is 10.3. The Labute approximate surface area is 86.7 Å². The van der Waals surface area contributed by atoms with E-state index in [2.05, 4.69) is 22.4 Å². The van der Waals surface area contributed by atoms with Gasteiger partial charge in [0.05, 0.1) is 0 Å². The summed E-state index contributed by atoms with van der Waals surface area (Å²) in [5.41, 5.74) is 0. The predicted octanol–water partition coefficient (Wildman–Crippen LogP) is 1.72. The van der Waals surface area contributed by atoms with Crippen molar-refractivity contribution in [2.45, 2.75) is 13.3 Å². The van der Waals surface area contributed by atoms with E-state index in [9.17, 15) is 4.79 Å². The molecule has 14 heavy (non-hydrogen) atoms. The van der Waals surface area contributed by atoms with Gasteiger partial charge >= 0.3 is 0 Å². The first-order valence-electron chi connectivity index (χ1n) is 4.47. The van der Waals surface area contributed by atoms with Crippen LogP contribution < -0.4 is 5.32 Å². The molecule has 0 aromatic carbocycles. The number of nitrogens with zero attached hydrogens (tertiary/aromatic N) is 2. The van der Waals surface area contributed by atoms with Crippen LogP contribution in [0.4, 0.5) is 5.82 Å². The van der Waals surface area contributed by atoms with E-state index in [0.29, 0.717) is 16.9 Å². The van der Waals surface area contributed by atoms with Crippen LogP contribution in [0.15, 0.2) is 12.1 Å². The maximum atomic E-state index is 11.5. The number of nitrogens with one attached hydrogen (secondary N) is 1. The normalized spacial score (nSPS) is 24.4. The SMILES string of the molecule is CC1CC1C(=O)Nc1ccc(Cl)nn1. The molecule has 1 aromatic heterocycles. The van der Waals surface area contributed by atoms with Crippen molar-refractivity contribution in [1.29, 1.82) is 0 Å². The molecule has 4 nitrogen and oxygen atoms in total. The van der Waals surface area contributed by atoms with Gasteiger partial charge in [0, 0.05) is 5.92 Å². The maximum Gasteiger partial charge on any atom is 0.228 e. The molecule has 1 fully saturated rings. The summed E-state index contributed by atoms with van der Waals surface area (Å²) in [4.78, 5) is 11.5. The average molecular weight is 212 g/mol. The van der Waals surface area contributed by atoms with Crippen LogP contribution in [0.25, 0.3) is 0 Å². The third kappa shape index (κ3) is 2.01. The third-order valence-electron chi connectivity index (χ3n) is 2.33. The van der Waals surface area contributed by atoms with Crippen LogP contribution >= 0.6 is 11.6 Å². The quantitative estimate of drug-likeness (QED) is 0.811. The molecule has 1 aliphatic rings. The number of carbonyl (C=O) groups excluding carboxylic acids is 1. The molecule has 2 unspecified atom stereocenters. The van der Waals surface area contributed by atoms with Crippen LogP contribution in [0.1, 0.15) is 13.3 Å². The molecule has 1 amide bonds. The van der Waals surface area contributed by atoms with E-state index in [0.717, 1.165) is 6.42 Å². The summed E-state index contributed by atoms with van der Waals surface area (Å²) in [5.74, 6) is 1.12. The first kappa shape index (κ1) is 9.40. The molecule has 1 aliphatic carbocycles. The number of rotatable bonds is 2. The monoisotopic (exact) mass is 211 g/mol. The zero-order valence-corrected chi connectivity index (χ0v) is 8.45. The molecule has 5 heteroatoms. The molecule has 0 bridgehead atoms. The molecule has 74 valence electrons. The molecule has 1 heterocycles. The van der Waals surface area contributed by atoms with Crippen LogP contribution in [0, 0.1) is 11.8 Å². The largest absolute Gasteiger partial charge is 0.309 e. The molecular weight excluding hydrogens is 202 g/mol. The Morgan fingerprint density at radius 2 is 2.29 bits per heavy atom. The standard InChI is InChI=1S/C9H10ClN3O/c1-5-4-6(5)9(14)11-8-3-2-7(10)12-13-8/h2-3,5-6H,4H2,1H3,(H,11,13,14). The van der Waals surface area contributed by atoms with Gasteiger partial charge in [-0.05, 0) is 24.5 Å². The number of hydrogen-bond donors (Lipinski definition) is 1. The lowest BCUT2D eigenvalue weighted by Gasteiger charge is -2.01. The van der Waals surface area contributed by atoms with Crippen molar-refractivity contribution < 1.29 is 4.79 Å². The van der Waals surface area contributed by atoms with Crippen molar-refractivity contribution in [3.63, 3.8) is 0 Å². The number of amides is 1. The third-order valence-corrected chi connectivity index (χ3v) is 2.53. The van der Waals surface area contributed by atoms with Crippen LogP contribution in [0.5, 0.6) is 0 Å². The minimum Gasteiger partial charge on any atom is -0.309 e. The van der Waals surface area contributed by atoms with Gasteiger partial charge in [-0.3, -0.25) is 4.79 Å². The second-order valence-electron chi connectivity index (χ2n) is 3.55. The summed E-state index contributed by atoms with van der Waals surface area (Å²) in [6, 6.07) is 3.24. The smallest absolute Gasteiger partial charge is 0.228 e. The molecular formula is C9H10ClN3O. The second-order valence-corrected chi connectivity index (χ2v) is 3.94. The number of hydrogen-bond acceptors (Lipinski definition) is 3. The second kappa shape index (κ2) is 3.53. The van der Waals surface area contributed by atoms with Crippen LogP contribution in [-0.2, 0) is 4.79 Å². The molecule has 2 rings (SSSR count). The lowest BCUT2D eigenvalue weighted by molar-refractivity contribution is -0.117. The minimum absolute atomic E-state index is 0.0223. The van der Waals surface area contributed by atoms with E-state index in [1.807, 2.05) is 0 Å². The van der Waals surface area contributed by atoms with Crippen LogP contribution in [0.3, 0.4) is 0 Å². The Hall–Kier alpha value is -1.16. The molecule has 1 N–H and O–H groups in total. The van der Waals surface area contributed by atoms with Gasteiger partial charge in [-0.2, -0.15) is 0 Å². The predicted molar refractivity (Wildman–Crippen MR) is 52.9 cm³/mol. The Morgan fingerprint density at radius 3 is 2.79 bits per heavy atom. The van der Waals surface area contributed by atoms with E-state index in [4.69, 9.17) is 11.6 Å². The lowest BCUT2D eigenvalue weighted by Crippen LogP contribution is -2.15. The summed E-state index contributed by atoms with van der Waals surface area (Å²) in [7, 11) is 0. The van der Waals surface area contributed by atoms with Crippen LogP contribution in [0.2, 0.25) is 5.15 Å². The van der Waals surface area contributed by atoms with Gasteiger partial charge in [0.15, 0.2) is 11.0 Å². The summed E-state index contributed by atoms with van der Waals surface area (Å²) >= 11 is 5.56. The van der Waals surface area contributed by atoms with Gasteiger partial charge in [-0.15, -0.1) is 10.2 Å². The number of aromatic nitrogens is 2. The van der Waals surface area contributed by atoms with Crippen molar-refractivity contribution in [2.24, 2.45) is 11.8 Å². The number of halogens is 1. The molecule has 0 saturated heterocycles. The molecule has 2 atom stereocenters.